The fourth-order valence-corrected chi connectivity index (χ4v) is 3.79. The normalized spacial score (nSPS) is 38.1. The van der Waals surface area contributed by atoms with Crippen molar-refractivity contribution in [3.63, 3.8) is 0 Å². The molecule has 0 heterocycles. The van der Waals surface area contributed by atoms with Crippen molar-refractivity contribution >= 4 is 11.6 Å². The van der Waals surface area contributed by atoms with E-state index in [-0.39, 0.29) is 11.8 Å². The number of rotatable bonds is 0. The van der Waals surface area contributed by atoms with E-state index in [0.717, 1.165) is 24.0 Å². The Morgan fingerprint density at radius 2 is 1.11 bits per heavy atom. The van der Waals surface area contributed by atoms with Crippen LogP contribution in [0.3, 0.4) is 0 Å². The van der Waals surface area contributed by atoms with Gasteiger partial charge in [-0.2, -0.15) is 0 Å². The van der Waals surface area contributed by atoms with E-state index < -0.39 is 0 Å². The van der Waals surface area contributed by atoms with Gasteiger partial charge in [-0.1, -0.05) is 38.2 Å². The molecule has 0 saturated heterocycles. The molecule has 0 N–H and O–H groups in total. The second-order valence-corrected chi connectivity index (χ2v) is 5.50. The largest absolute Gasteiger partial charge is 0.299 e. The van der Waals surface area contributed by atoms with Crippen molar-refractivity contribution in [2.24, 2.45) is 23.7 Å². The fourth-order valence-electron chi connectivity index (χ4n) is 3.79. The summed E-state index contributed by atoms with van der Waals surface area (Å²) < 4.78 is 0. The van der Waals surface area contributed by atoms with Crippen LogP contribution in [-0.4, -0.2) is 11.6 Å². The first-order valence-corrected chi connectivity index (χ1v) is 6.98. The molecular formula is C16H22O2. The van der Waals surface area contributed by atoms with E-state index in [4.69, 9.17) is 0 Å². The van der Waals surface area contributed by atoms with Crippen LogP contribution in [0.5, 0.6) is 0 Å². The lowest BCUT2D eigenvalue weighted by molar-refractivity contribution is -0.126. The van der Waals surface area contributed by atoms with Gasteiger partial charge < -0.3 is 0 Å². The molecule has 0 aromatic rings. The van der Waals surface area contributed by atoms with Crippen molar-refractivity contribution in [2.45, 2.75) is 39.5 Å². The Labute approximate surface area is 109 Å². The average Bonchev–Trinajstić information content (AvgIpc) is 2.80. The van der Waals surface area contributed by atoms with E-state index in [2.05, 4.69) is 13.2 Å². The number of carbonyl (C=O) groups is 2. The minimum Gasteiger partial charge on any atom is -0.299 e. The summed E-state index contributed by atoms with van der Waals surface area (Å²) in [7, 11) is 0. The van der Waals surface area contributed by atoms with Crippen LogP contribution < -0.4 is 0 Å². The maximum atomic E-state index is 11.8. The standard InChI is InChI=1S/C14H16O2.C2H6/c1-7-3-13(15)11-6-12-10(5-9(7)11)8(2)4-14(12)16;1-2/h9-12H,1-6H2;1-2H3. The zero-order valence-electron chi connectivity index (χ0n) is 11.4. The van der Waals surface area contributed by atoms with Gasteiger partial charge in [0, 0.05) is 24.7 Å². The number of ketones is 2. The maximum absolute atomic E-state index is 11.8. The maximum Gasteiger partial charge on any atom is 0.140 e. The van der Waals surface area contributed by atoms with Gasteiger partial charge >= 0.3 is 0 Å². The SMILES string of the molecule is C=C1CC(=O)C2CC3C(=O)CC(=C)C3CC12.CC. The van der Waals surface area contributed by atoms with E-state index in [1.54, 1.807) is 0 Å². The molecular weight excluding hydrogens is 224 g/mol. The highest BCUT2D eigenvalue weighted by atomic mass is 16.1. The summed E-state index contributed by atoms with van der Waals surface area (Å²) in [4.78, 5) is 23.6. The van der Waals surface area contributed by atoms with Gasteiger partial charge in [-0.05, 0) is 24.7 Å². The van der Waals surface area contributed by atoms with Crippen molar-refractivity contribution < 1.29 is 9.59 Å². The summed E-state index contributed by atoms with van der Waals surface area (Å²) >= 11 is 0. The van der Waals surface area contributed by atoms with E-state index >= 15 is 0 Å². The Morgan fingerprint density at radius 3 is 1.50 bits per heavy atom. The van der Waals surface area contributed by atoms with Gasteiger partial charge in [0.15, 0.2) is 0 Å². The van der Waals surface area contributed by atoms with Gasteiger partial charge in [0.25, 0.3) is 0 Å². The van der Waals surface area contributed by atoms with E-state index in [1.165, 1.54) is 0 Å². The smallest absolute Gasteiger partial charge is 0.140 e. The van der Waals surface area contributed by atoms with Gasteiger partial charge in [0.2, 0.25) is 0 Å². The lowest BCUT2D eigenvalue weighted by atomic mass is 9.69. The number of hydrogen-bond donors (Lipinski definition) is 0. The molecule has 2 heteroatoms. The molecule has 0 aromatic heterocycles. The lowest BCUT2D eigenvalue weighted by Crippen LogP contribution is -2.32. The summed E-state index contributed by atoms with van der Waals surface area (Å²) in [6.07, 6.45) is 2.76. The Hall–Kier alpha value is -1.18. The topological polar surface area (TPSA) is 34.1 Å². The Morgan fingerprint density at radius 1 is 0.778 bits per heavy atom. The third kappa shape index (κ3) is 1.88. The average molecular weight is 246 g/mol. The first-order valence-electron chi connectivity index (χ1n) is 6.98. The highest BCUT2D eigenvalue weighted by Crippen LogP contribution is 2.52. The molecule has 2 nitrogen and oxygen atoms in total. The first kappa shape index (κ1) is 13.3. The molecule has 3 rings (SSSR count). The molecule has 3 fully saturated rings. The number of hydrogen-bond acceptors (Lipinski definition) is 2. The monoisotopic (exact) mass is 246 g/mol. The molecule has 4 atom stereocenters. The van der Waals surface area contributed by atoms with Crippen LogP contribution in [0.4, 0.5) is 0 Å². The minimum absolute atomic E-state index is 0.0867. The third-order valence-corrected chi connectivity index (χ3v) is 4.67. The van der Waals surface area contributed by atoms with Crippen LogP contribution in [0.25, 0.3) is 0 Å². The molecule has 0 amide bonds. The molecule has 0 bridgehead atoms. The molecule has 3 aliphatic carbocycles. The van der Waals surface area contributed by atoms with Crippen molar-refractivity contribution in [3.05, 3.63) is 24.3 Å². The number of Topliss-reactive ketones (excluding diaryl/α,β-unsaturated/α-hetero) is 2. The van der Waals surface area contributed by atoms with Crippen molar-refractivity contribution in [1.82, 2.24) is 0 Å². The summed E-state index contributed by atoms with van der Waals surface area (Å²) in [5.41, 5.74) is 2.17. The number of fused-ring (bicyclic) bond motifs is 2. The van der Waals surface area contributed by atoms with Crippen LogP contribution in [0, 0.1) is 23.7 Å². The summed E-state index contributed by atoms with van der Waals surface area (Å²) in [6, 6.07) is 0. The molecule has 18 heavy (non-hydrogen) atoms. The third-order valence-electron chi connectivity index (χ3n) is 4.67. The van der Waals surface area contributed by atoms with E-state index in [1.807, 2.05) is 13.8 Å². The van der Waals surface area contributed by atoms with Crippen molar-refractivity contribution in [2.75, 3.05) is 0 Å². The van der Waals surface area contributed by atoms with Crippen LogP contribution in [0.15, 0.2) is 24.3 Å². The number of allylic oxidation sites excluding steroid dienone is 2. The predicted octanol–water partition coefficient (Wildman–Crippen LogP) is 3.33. The van der Waals surface area contributed by atoms with Gasteiger partial charge in [-0.15, -0.1) is 0 Å². The molecule has 0 spiro atoms. The Bertz CT molecular complexity index is 343. The highest BCUT2D eigenvalue weighted by molar-refractivity contribution is 5.91. The fraction of sp³-hybridized carbons (Fsp3) is 0.625. The summed E-state index contributed by atoms with van der Waals surface area (Å²) in [6.45, 7) is 12.0. The van der Waals surface area contributed by atoms with Crippen molar-refractivity contribution in [1.29, 1.82) is 0 Å². The van der Waals surface area contributed by atoms with Gasteiger partial charge in [-0.3, -0.25) is 9.59 Å². The van der Waals surface area contributed by atoms with Crippen LogP contribution >= 0.6 is 0 Å². The van der Waals surface area contributed by atoms with Gasteiger partial charge in [0.1, 0.15) is 11.6 Å². The zero-order chi connectivity index (χ0) is 13.4. The van der Waals surface area contributed by atoms with E-state index in [9.17, 15) is 9.59 Å². The molecule has 3 aliphatic rings. The first-order chi connectivity index (χ1) is 8.58. The number of carbonyl (C=O) groups excluding carboxylic acids is 2. The Balaban J connectivity index is 0.000000574. The molecule has 3 saturated carbocycles. The lowest BCUT2D eigenvalue weighted by Gasteiger charge is -2.33. The van der Waals surface area contributed by atoms with Crippen LogP contribution in [0.1, 0.15) is 39.5 Å². The van der Waals surface area contributed by atoms with E-state index in [0.29, 0.717) is 36.2 Å². The molecule has 0 aromatic carbocycles. The van der Waals surface area contributed by atoms with Crippen molar-refractivity contribution in [3.8, 4) is 0 Å². The zero-order valence-corrected chi connectivity index (χ0v) is 11.4. The van der Waals surface area contributed by atoms with Gasteiger partial charge in [0.05, 0.1) is 0 Å². The highest BCUT2D eigenvalue weighted by Gasteiger charge is 2.50. The quantitative estimate of drug-likeness (QED) is 0.614. The Kier molecular flexibility index (Phi) is 3.56. The molecule has 4 unspecified atom stereocenters. The van der Waals surface area contributed by atoms with Gasteiger partial charge in [-0.25, -0.2) is 0 Å². The molecule has 98 valence electrons. The molecule has 0 aliphatic heterocycles. The summed E-state index contributed by atoms with van der Waals surface area (Å²) in [5, 5.41) is 0. The predicted molar refractivity (Wildman–Crippen MR) is 72.1 cm³/mol. The minimum atomic E-state index is 0.0867. The molecule has 0 radical (unpaired) electrons. The second kappa shape index (κ2) is 4.83. The summed E-state index contributed by atoms with van der Waals surface area (Å²) in [5.74, 6) is 1.44. The van der Waals surface area contributed by atoms with Crippen LogP contribution in [-0.2, 0) is 9.59 Å². The second-order valence-electron chi connectivity index (χ2n) is 5.50. The van der Waals surface area contributed by atoms with Crippen LogP contribution in [0.2, 0.25) is 0 Å².